The molecule has 0 saturated carbocycles. The largest absolute Gasteiger partial charge is 0.376 e. The van der Waals surface area contributed by atoms with Gasteiger partial charge in [0, 0.05) is 13.1 Å². The minimum absolute atomic E-state index is 0. The maximum Gasteiger partial charge on any atom is 0.192 e. The molecule has 0 radical (unpaired) electrons. The van der Waals surface area contributed by atoms with Crippen molar-refractivity contribution in [3.8, 4) is 12.3 Å². The number of hydrogen-bond donors (Lipinski definition) is 2. The zero-order chi connectivity index (χ0) is 15.3. The van der Waals surface area contributed by atoms with Crippen LogP contribution in [0.25, 0.3) is 0 Å². The lowest BCUT2D eigenvalue weighted by Gasteiger charge is -2.12. The van der Waals surface area contributed by atoms with Crippen molar-refractivity contribution in [2.75, 3.05) is 26.2 Å². The van der Waals surface area contributed by atoms with Gasteiger partial charge in [-0.1, -0.05) is 43.2 Å². The number of halogens is 1. The lowest BCUT2D eigenvalue weighted by molar-refractivity contribution is 0.0945. The molecule has 1 unspecified atom stereocenters. The van der Waals surface area contributed by atoms with Crippen molar-refractivity contribution < 1.29 is 4.74 Å². The SMILES string of the molecule is C#CCNC(=NCC(C)COCc1ccccc1)NCC.I. The molecule has 0 amide bonds. The van der Waals surface area contributed by atoms with Crippen molar-refractivity contribution in [1.29, 1.82) is 0 Å². The van der Waals surface area contributed by atoms with E-state index in [1.807, 2.05) is 25.1 Å². The summed E-state index contributed by atoms with van der Waals surface area (Å²) >= 11 is 0. The Morgan fingerprint density at radius 1 is 1.32 bits per heavy atom. The van der Waals surface area contributed by atoms with E-state index in [1.165, 1.54) is 5.56 Å². The Hall–Kier alpha value is -1.26. The Morgan fingerprint density at radius 2 is 2.05 bits per heavy atom. The second-order valence-corrected chi connectivity index (χ2v) is 4.88. The van der Waals surface area contributed by atoms with E-state index in [9.17, 15) is 0 Å². The summed E-state index contributed by atoms with van der Waals surface area (Å²) in [6.45, 7) is 7.48. The molecule has 0 aliphatic heterocycles. The normalized spacial score (nSPS) is 12.0. The molecule has 1 atom stereocenters. The van der Waals surface area contributed by atoms with E-state index >= 15 is 0 Å². The fourth-order valence-corrected chi connectivity index (χ4v) is 1.73. The third-order valence-corrected chi connectivity index (χ3v) is 2.78. The summed E-state index contributed by atoms with van der Waals surface area (Å²) in [5.41, 5.74) is 1.19. The first-order valence-electron chi connectivity index (χ1n) is 7.33. The second-order valence-electron chi connectivity index (χ2n) is 4.88. The minimum atomic E-state index is 0. The van der Waals surface area contributed by atoms with Crippen molar-refractivity contribution in [1.82, 2.24) is 10.6 Å². The van der Waals surface area contributed by atoms with Crippen LogP contribution in [0.2, 0.25) is 0 Å². The van der Waals surface area contributed by atoms with Crippen molar-refractivity contribution in [3.63, 3.8) is 0 Å². The number of ether oxygens (including phenoxy) is 1. The van der Waals surface area contributed by atoms with E-state index in [2.05, 4.69) is 40.6 Å². The van der Waals surface area contributed by atoms with E-state index in [4.69, 9.17) is 11.2 Å². The lowest BCUT2D eigenvalue weighted by Crippen LogP contribution is -2.37. The number of benzene rings is 1. The van der Waals surface area contributed by atoms with Crippen LogP contribution in [0.3, 0.4) is 0 Å². The fourth-order valence-electron chi connectivity index (χ4n) is 1.73. The first kappa shape index (κ1) is 20.7. The molecule has 5 heteroatoms. The van der Waals surface area contributed by atoms with Crippen LogP contribution in [-0.2, 0) is 11.3 Å². The third-order valence-electron chi connectivity index (χ3n) is 2.78. The van der Waals surface area contributed by atoms with Crippen molar-refractivity contribution in [2.24, 2.45) is 10.9 Å². The predicted octanol–water partition coefficient (Wildman–Crippen LogP) is 2.65. The molecular formula is C17H26IN3O. The Labute approximate surface area is 151 Å². The first-order chi connectivity index (χ1) is 10.3. The summed E-state index contributed by atoms with van der Waals surface area (Å²) in [6.07, 6.45) is 5.23. The van der Waals surface area contributed by atoms with Gasteiger partial charge in [0.05, 0.1) is 19.8 Å². The molecule has 1 aromatic rings. The van der Waals surface area contributed by atoms with E-state index < -0.39 is 0 Å². The van der Waals surface area contributed by atoms with Gasteiger partial charge in [-0.3, -0.25) is 4.99 Å². The Kier molecular flexibility index (Phi) is 12.6. The Morgan fingerprint density at radius 3 is 2.68 bits per heavy atom. The van der Waals surface area contributed by atoms with Crippen LogP contribution >= 0.6 is 24.0 Å². The van der Waals surface area contributed by atoms with Gasteiger partial charge in [-0.15, -0.1) is 30.4 Å². The van der Waals surface area contributed by atoms with Crippen LogP contribution in [0, 0.1) is 18.3 Å². The number of hydrogen-bond acceptors (Lipinski definition) is 2. The van der Waals surface area contributed by atoms with Crippen LogP contribution in [0.1, 0.15) is 19.4 Å². The summed E-state index contributed by atoms with van der Waals surface area (Å²) in [7, 11) is 0. The topological polar surface area (TPSA) is 45.7 Å². The number of aliphatic imine (C=N–C) groups is 1. The zero-order valence-electron chi connectivity index (χ0n) is 13.3. The van der Waals surface area contributed by atoms with E-state index in [0.717, 1.165) is 12.5 Å². The third kappa shape index (κ3) is 9.64. The number of nitrogens with one attached hydrogen (secondary N) is 2. The van der Waals surface area contributed by atoms with Crippen LogP contribution in [0.5, 0.6) is 0 Å². The lowest BCUT2D eigenvalue weighted by atomic mass is 10.2. The quantitative estimate of drug-likeness (QED) is 0.297. The number of terminal acetylenes is 1. The van der Waals surface area contributed by atoms with E-state index in [-0.39, 0.29) is 24.0 Å². The minimum Gasteiger partial charge on any atom is -0.376 e. The van der Waals surface area contributed by atoms with Gasteiger partial charge in [-0.25, -0.2) is 0 Å². The van der Waals surface area contributed by atoms with E-state index in [1.54, 1.807) is 0 Å². The molecule has 0 heterocycles. The molecule has 0 bridgehead atoms. The molecule has 1 rings (SSSR count). The average Bonchev–Trinajstić information content (AvgIpc) is 2.51. The molecule has 0 spiro atoms. The first-order valence-corrected chi connectivity index (χ1v) is 7.33. The van der Waals surface area contributed by atoms with Gasteiger partial charge in [0.25, 0.3) is 0 Å². The molecule has 22 heavy (non-hydrogen) atoms. The summed E-state index contributed by atoms with van der Waals surface area (Å²) in [6, 6.07) is 10.2. The highest BCUT2D eigenvalue weighted by Crippen LogP contribution is 2.03. The van der Waals surface area contributed by atoms with Crippen LogP contribution < -0.4 is 10.6 Å². The van der Waals surface area contributed by atoms with Crippen LogP contribution in [-0.4, -0.2) is 32.2 Å². The average molecular weight is 415 g/mol. The maximum atomic E-state index is 5.71. The number of guanidine groups is 1. The number of nitrogens with zero attached hydrogens (tertiary/aromatic N) is 1. The van der Waals surface area contributed by atoms with Gasteiger partial charge in [-0.2, -0.15) is 0 Å². The molecular weight excluding hydrogens is 389 g/mol. The highest BCUT2D eigenvalue weighted by atomic mass is 127. The molecule has 4 nitrogen and oxygen atoms in total. The second kappa shape index (κ2) is 13.4. The molecule has 0 fully saturated rings. The molecule has 0 saturated heterocycles. The highest BCUT2D eigenvalue weighted by Gasteiger charge is 2.03. The monoisotopic (exact) mass is 415 g/mol. The van der Waals surface area contributed by atoms with Crippen molar-refractivity contribution in [3.05, 3.63) is 35.9 Å². The van der Waals surface area contributed by atoms with Gasteiger partial charge < -0.3 is 15.4 Å². The molecule has 0 aromatic heterocycles. The van der Waals surface area contributed by atoms with Crippen LogP contribution in [0.15, 0.2) is 35.3 Å². The predicted molar refractivity (Wildman–Crippen MR) is 103 cm³/mol. The van der Waals surface area contributed by atoms with Gasteiger partial charge in [0.1, 0.15) is 0 Å². The fraction of sp³-hybridized carbons (Fsp3) is 0.471. The standard InChI is InChI=1S/C17H25N3O.HI/c1-4-11-19-17(18-5-2)20-12-15(3)13-21-14-16-9-7-6-8-10-16;/h1,6-10,15H,5,11-14H2,2-3H3,(H2,18,19,20);1H. The smallest absolute Gasteiger partial charge is 0.192 e. The van der Waals surface area contributed by atoms with Crippen molar-refractivity contribution in [2.45, 2.75) is 20.5 Å². The van der Waals surface area contributed by atoms with Crippen LogP contribution in [0.4, 0.5) is 0 Å². The molecule has 2 N–H and O–H groups in total. The van der Waals surface area contributed by atoms with Gasteiger partial charge in [0.15, 0.2) is 5.96 Å². The molecule has 122 valence electrons. The molecule has 0 aliphatic carbocycles. The molecule has 0 aliphatic rings. The Balaban J connectivity index is 0.00000441. The zero-order valence-corrected chi connectivity index (χ0v) is 15.7. The summed E-state index contributed by atoms with van der Waals surface area (Å²) in [5, 5.41) is 6.23. The Bertz CT molecular complexity index is 457. The van der Waals surface area contributed by atoms with Crippen molar-refractivity contribution >= 4 is 29.9 Å². The van der Waals surface area contributed by atoms with E-state index in [0.29, 0.717) is 32.2 Å². The van der Waals surface area contributed by atoms with Gasteiger partial charge in [-0.05, 0) is 18.4 Å². The van der Waals surface area contributed by atoms with Gasteiger partial charge in [0.2, 0.25) is 0 Å². The molecule has 1 aromatic carbocycles. The summed E-state index contributed by atoms with van der Waals surface area (Å²) < 4.78 is 5.71. The summed E-state index contributed by atoms with van der Waals surface area (Å²) in [4.78, 5) is 4.50. The highest BCUT2D eigenvalue weighted by molar-refractivity contribution is 14.0. The van der Waals surface area contributed by atoms with Gasteiger partial charge >= 0.3 is 0 Å². The maximum absolute atomic E-state index is 5.71. The number of rotatable bonds is 8. The summed E-state index contributed by atoms with van der Waals surface area (Å²) in [5.74, 6) is 3.65.